The first-order valence-corrected chi connectivity index (χ1v) is 8.17. The van der Waals surface area contributed by atoms with Gasteiger partial charge in [0.2, 0.25) is 4.96 Å². The molecule has 0 fully saturated rings. The van der Waals surface area contributed by atoms with Crippen molar-refractivity contribution >= 4 is 27.9 Å². The van der Waals surface area contributed by atoms with Gasteiger partial charge in [0.05, 0.1) is 6.20 Å². The summed E-state index contributed by atoms with van der Waals surface area (Å²) in [5, 5.41) is 7.80. The van der Waals surface area contributed by atoms with Crippen LogP contribution in [0.2, 0.25) is 0 Å². The molecule has 1 aromatic carbocycles. The molecule has 7 heteroatoms. The number of anilines is 1. The summed E-state index contributed by atoms with van der Waals surface area (Å²) in [6, 6.07) is 8.72. The van der Waals surface area contributed by atoms with Gasteiger partial charge in [-0.25, -0.2) is 4.98 Å². The van der Waals surface area contributed by atoms with Crippen molar-refractivity contribution in [3.05, 3.63) is 57.5 Å². The van der Waals surface area contributed by atoms with Crippen molar-refractivity contribution in [3.63, 3.8) is 0 Å². The molecule has 0 aliphatic heterocycles. The van der Waals surface area contributed by atoms with E-state index in [9.17, 15) is 9.59 Å². The molecule has 6 nitrogen and oxygen atoms in total. The molecular weight excluding hydrogens is 312 g/mol. The van der Waals surface area contributed by atoms with E-state index in [1.807, 2.05) is 6.07 Å². The Bertz CT molecular complexity index is 901. The molecule has 23 heavy (non-hydrogen) atoms. The number of nitrogens with zero attached hydrogens (tertiary/aromatic N) is 3. The number of nitrogens with one attached hydrogen (secondary N) is 1. The zero-order valence-corrected chi connectivity index (χ0v) is 13.6. The van der Waals surface area contributed by atoms with Crippen molar-refractivity contribution in [2.45, 2.75) is 26.2 Å². The number of hydrogen-bond acceptors (Lipinski definition) is 5. The Kier molecular flexibility index (Phi) is 4.20. The van der Waals surface area contributed by atoms with E-state index >= 15 is 0 Å². The molecule has 118 valence electrons. The van der Waals surface area contributed by atoms with Crippen LogP contribution in [0.3, 0.4) is 0 Å². The molecule has 3 aromatic rings. The molecule has 2 aromatic heterocycles. The molecule has 0 aliphatic rings. The summed E-state index contributed by atoms with van der Waals surface area (Å²) in [7, 11) is 0. The molecule has 2 heterocycles. The van der Waals surface area contributed by atoms with Gasteiger partial charge in [0.15, 0.2) is 0 Å². The SMILES string of the molecule is CC[C@@H](C)c1nn2c(=O)c(NC(=O)c3ccccc3)cnc2s1. The number of fused-ring (bicyclic) bond motifs is 1. The number of amides is 1. The first-order valence-electron chi connectivity index (χ1n) is 7.35. The van der Waals surface area contributed by atoms with Crippen molar-refractivity contribution in [2.24, 2.45) is 0 Å². The van der Waals surface area contributed by atoms with Crippen LogP contribution in [0.25, 0.3) is 4.96 Å². The second-order valence-corrected chi connectivity index (χ2v) is 6.23. The number of rotatable bonds is 4. The van der Waals surface area contributed by atoms with Gasteiger partial charge in [-0.15, -0.1) is 0 Å². The zero-order chi connectivity index (χ0) is 16.4. The van der Waals surface area contributed by atoms with Gasteiger partial charge >= 0.3 is 0 Å². The maximum Gasteiger partial charge on any atom is 0.298 e. The number of benzene rings is 1. The fraction of sp³-hybridized carbons (Fsp3) is 0.250. The fourth-order valence-electron chi connectivity index (χ4n) is 2.04. The van der Waals surface area contributed by atoms with Crippen LogP contribution in [0.1, 0.15) is 41.6 Å². The average molecular weight is 328 g/mol. The predicted octanol–water partition coefficient (Wildman–Crippen LogP) is 2.92. The molecule has 0 radical (unpaired) electrons. The molecule has 0 aliphatic carbocycles. The van der Waals surface area contributed by atoms with E-state index in [1.165, 1.54) is 22.0 Å². The summed E-state index contributed by atoms with van der Waals surface area (Å²) in [4.78, 5) is 29.4. The number of hydrogen-bond donors (Lipinski definition) is 1. The molecule has 0 unspecified atom stereocenters. The second kappa shape index (κ2) is 6.29. The van der Waals surface area contributed by atoms with E-state index in [0.29, 0.717) is 10.5 Å². The highest BCUT2D eigenvalue weighted by molar-refractivity contribution is 7.16. The lowest BCUT2D eigenvalue weighted by Crippen LogP contribution is -2.23. The largest absolute Gasteiger partial charge is 0.316 e. The third-order valence-electron chi connectivity index (χ3n) is 3.62. The number of carbonyl (C=O) groups is 1. The summed E-state index contributed by atoms with van der Waals surface area (Å²) in [6.07, 6.45) is 2.32. The molecule has 0 saturated heterocycles. The Hall–Kier alpha value is -2.54. The van der Waals surface area contributed by atoms with Crippen LogP contribution < -0.4 is 10.9 Å². The van der Waals surface area contributed by atoms with Crippen molar-refractivity contribution in [1.29, 1.82) is 0 Å². The van der Waals surface area contributed by atoms with Gasteiger partial charge in [0.25, 0.3) is 11.5 Å². The fourth-order valence-corrected chi connectivity index (χ4v) is 3.04. The van der Waals surface area contributed by atoms with Crippen LogP contribution in [-0.4, -0.2) is 20.5 Å². The smallest absolute Gasteiger partial charge is 0.298 e. The molecular formula is C16H16N4O2S. The van der Waals surface area contributed by atoms with Gasteiger partial charge in [-0.3, -0.25) is 9.59 Å². The van der Waals surface area contributed by atoms with Crippen molar-refractivity contribution in [3.8, 4) is 0 Å². The van der Waals surface area contributed by atoms with Gasteiger partial charge in [0, 0.05) is 11.5 Å². The lowest BCUT2D eigenvalue weighted by molar-refractivity contribution is 0.102. The molecule has 0 spiro atoms. The molecule has 1 amide bonds. The van der Waals surface area contributed by atoms with E-state index in [4.69, 9.17) is 0 Å². The summed E-state index contributed by atoms with van der Waals surface area (Å²) < 4.78 is 1.26. The third kappa shape index (κ3) is 3.00. The Morgan fingerprint density at radius 2 is 2.09 bits per heavy atom. The molecule has 0 bridgehead atoms. The number of carbonyl (C=O) groups excluding carboxylic acids is 1. The Morgan fingerprint density at radius 1 is 1.35 bits per heavy atom. The van der Waals surface area contributed by atoms with E-state index in [1.54, 1.807) is 24.3 Å². The minimum Gasteiger partial charge on any atom is -0.316 e. The van der Waals surface area contributed by atoms with Crippen LogP contribution in [0.5, 0.6) is 0 Å². The van der Waals surface area contributed by atoms with Gasteiger partial charge in [0.1, 0.15) is 10.7 Å². The standard InChI is InChI=1S/C16H16N4O2S/c1-3-10(2)14-19-20-15(22)12(9-17-16(20)23-14)18-13(21)11-7-5-4-6-8-11/h4-10H,3H2,1-2H3,(H,18,21)/t10-/m1/s1. The molecule has 1 atom stereocenters. The minimum atomic E-state index is -0.370. The van der Waals surface area contributed by atoms with Gasteiger partial charge in [-0.2, -0.15) is 9.61 Å². The molecule has 3 rings (SSSR count). The predicted molar refractivity (Wildman–Crippen MR) is 90.2 cm³/mol. The monoisotopic (exact) mass is 328 g/mol. The Morgan fingerprint density at radius 3 is 2.78 bits per heavy atom. The average Bonchev–Trinajstić information content (AvgIpc) is 3.02. The van der Waals surface area contributed by atoms with Crippen LogP contribution in [0.4, 0.5) is 5.69 Å². The van der Waals surface area contributed by atoms with E-state index < -0.39 is 0 Å². The van der Waals surface area contributed by atoms with Crippen LogP contribution in [0, 0.1) is 0 Å². The van der Waals surface area contributed by atoms with Crippen molar-refractivity contribution < 1.29 is 4.79 Å². The Labute approximate surface area is 136 Å². The van der Waals surface area contributed by atoms with E-state index in [-0.39, 0.29) is 23.1 Å². The van der Waals surface area contributed by atoms with Crippen LogP contribution in [0.15, 0.2) is 41.3 Å². The zero-order valence-electron chi connectivity index (χ0n) is 12.8. The lowest BCUT2D eigenvalue weighted by Gasteiger charge is -2.03. The maximum atomic E-state index is 12.5. The maximum absolute atomic E-state index is 12.5. The second-order valence-electron chi connectivity index (χ2n) is 5.24. The summed E-state index contributed by atoms with van der Waals surface area (Å²) in [5.41, 5.74) is 0.234. The van der Waals surface area contributed by atoms with E-state index in [2.05, 4.69) is 29.2 Å². The quantitative estimate of drug-likeness (QED) is 0.799. The molecule has 1 N–H and O–H groups in total. The van der Waals surface area contributed by atoms with Gasteiger partial charge < -0.3 is 5.32 Å². The molecule has 0 saturated carbocycles. The van der Waals surface area contributed by atoms with Crippen molar-refractivity contribution in [1.82, 2.24) is 14.6 Å². The third-order valence-corrected chi connectivity index (χ3v) is 4.77. The van der Waals surface area contributed by atoms with Crippen molar-refractivity contribution in [2.75, 3.05) is 5.32 Å². The first-order chi connectivity index (χ1) is 11.1. The Balaban J connectivity index is 1.95. The highest BCUT2D eigenvalue weighted by atomic mass is 32.1. The lowest BCUT2D eigenvalue weighted by atomic mass is 10.1. The highest BCUT2D eigenvalue weighted by Crippen LogP contribution is 2.23. The first kappa shape index (κ1) is 15.4. The summed E-state index contributed by atoms with van der Waals surface area (Å²) in [6.45, 7) is 4.12. The highest BCUT2D eigenvalue weighted by Gasteiger charge is 2.15. The summed E-state index contributed by atoms with van der Waals surface area (Å²) >= 11 is 1.40. The van der Waals surface area contributed by atoms with Crippen LogP contribution >= 0.6 is 11.3 Å². The summed E-state index contributed by atoms with van der Waals surface area (Å²) in [5.74, 6) is -0.0784. The van der Waals surface area contributed by atoms with E-state index in [0.717, 1.165) is 11.4 Å². The van der Waals surface area contributed by atoms with Gasteiger partial charge in [-0.05, 0) is 18.6 Å². The van der Waals surface area contributed by atoms with Gasteiger partial charge in [-0.1, -0.05) is 43.4 Å². The number of aromatic nitrogens is 3. The normalized spacial score (nSPS) is 12.3. The topological polar surface area (TPSA) is 76.4 Å². The minimum absolute atomic E-state index is 0.123. The van der Waals surface area contributed by atoms with Crippen LogP contribution in [-0.2, 0) is 0 Å².